The minimum absolute atomic E-state index is 0.364. The molecule has 0 heterocycles. The Balaban J connectivity index is 2.12. The molecule has 0 aliphatic carbocycles. The maximum atomic E-state index is 6.08. The molecule has 0 unspecified atom stereocenters. The van der Waals surface area contributed by atoms with Crippen molar-refractivity contribution in [3.63, 3.8) is 0 Å². The van der Waals surface area contributed by atoms with Crippen LogP contribution in [0.1, 0.15) is 11.1 Å². The topological polar surface area (TPSA) is 9.23 Å². The summed E-state index contributed by atoms with van der Waals surface area (Å²) in [6.45, 7) is 0.364. The van der Waals surface area contributed by atoms with Crippen molar-refractivity contribution in [2.45, 2.75) is 12.5 Å². The lowest BCUT2D eigenvalue weighted by atomic mass is 10.2. The van der Waals surface area contributed by atoms with Gasteiger partial charge in [-0.25, -0.2) is 0 Å². The van der Waals surface area contributed by atoms with Crippen molar-refractivity contribution in [1.29, 1.82) is 0 Å². The van der Waals surface area contributed by atoms with Gasteiger partial charge in [-0.15, -0.1) is 11.6 Å². The van der Waals surface area contributed by atoms with Crippen LogP contribution in [-0.4, -0.2) is 0 Å². The molecule has 0 radical (unpaired) electrons. The van der Waals surface area contributed by atoms with Crippen LogP contribution >= 0.6 is 50.7 Å². The summed E-state index contributed by atoms with van der Waals surface area (Å²) < 4.78 is 6.67. The molecule has 0 amide bonds. The monoisotopic (exact) mass is 378 g/mol. The highest BCUT2D eigenvalue weighted by Gasteiger charge is 2.05. The molecule has 5 heteroatoms. The largest absolute Gasteiger partial charge is 0.489 e. The summed E-state index contributed by atoms with van der Waals surface area (Å²) >= 11 is 21.3. The van der Waals surface area contributed by atoms with Crippen molar-refractivity contribution >= 4 is 50.7 Å². The van der Waals surface area contributed by atoms with Crippen molar-refractivity contribution in [3.8, 4) is 5.75 Å². The number of ether oxygens (including phenoxy) is 1. The van der Waals surface area contributed by atoms with Gasteiger partial charge in [0, 0.05) is 26.0 Å². The van der Waals surface area contributed by atoms with Gasteiger partial charge in [0.05, 0.1) is 0 Å². The van der Waals surface area contributed by atoms with E-state index in [1.54, 1.807) is 18.2 Å². The van der Waals surface area contributed by atoms with Crippen LogP contribution in [-0.2, 0) is 12.5 Å². The molecule has 0 bridgehead atoms. The highest BCUT2D eigenvalue weighted by molar-refractivity contribution is 9.10. The molecular formula is C14H10BrCl3O. The highest BCUT2D eigenvalue weighted by Crippen LogP contribution is 2.26. The summed E-state index contributed by atoms with van der Waals surface area (Å²) in [6.07, 6.45) is 0. The van der Waals surface area contributed by atoms with Crippen molar-refractivity contribution in [2.75, 3.05) is 0 Å². The number of hydrogen-bond acceptors (Lipinski definition) is 1. The molecule has 0 aliphatic rings. The van der Waals surface area contributed by atoms with Gasteiger partial charge >= 0.3 is 0 Å². The summed E-state index contributed by atoms with van der Waals surface area (Å²) in [5.41, 5.74) is 1.83. The smallest absolute Gasteiger partial charge is 0.120 e. The first kappa shape index (κ1) is 15.0. The van der Waals surface area contributed by atoms with Gasteiger partial charge in [-0.3, -0.25) is 0 Å². The first-order chi connectivity index (χ1) is 9.10. The third kappa shape index (κ3) is 4.03. The summed E-state index contributed by atoms with van der Waals surface area (Å²) in [4.78, 5) is 0. The molecule has 2 aromatic carbocycles. The van der Waals surface area contributed by atoms with E-state index in [9.17, 15) is 0 Å². The fourth-order valence-corrected chi connectivity index (χ4v) is 2.69. The van der Waals surface area contributed by atoms with Gasteiger partial charge in [-0.1, -0.05) is 39.1 Å². The van der Waals surface area contributed by atoms with E-state index >= 15 is 0 Å². The van der Waals surface area contributed by atoms with E-state index in [0.717, 1.165) is 21.3 Å². The van der Waals surface area contributed by atoms with Crippen LogP contribution in [0.5, 0.6) is 5.75 Å². The van der Waals surface area contributed by atoms with E-state index in [4.69, 9.17) is 39.5 Å². The van der Waals surface area contributed by atoms with Gasteiger partial charge < -0.3 is 4.74 Å². The van der Waals surface area contributed by atoms with Gasteiger partial charge in [0.15, 0.2) is 0 Å². The first-order valence-electron chi connectivity index (χ1n) is 5.51. The number of alkyl halides is 1. The summed E-state index contributed by atoms with van der Waals surface area (Å²) in [5, 5.41) is 1.28. The fourth-order valence-electron chi connectivity index (χ4n) is 1.56. The van der Waals surface area contributed by atoms with E-state index in [1.165, 1.54) is 0 Å². The Hall–Kier alpha value is -0.410. The van der Waals surface area contributed by atoms with Crippen LogP contribution in [0.2, 0.25) is 10.0 Å². The average molecular weight is 380 g/mol. The van der Waals surface area contributed by atoms with E-state index in [2.05, 4.69) is 15.9 Å². The molecule has 19 heavy (non-hydrogen) atoms. The SMILES string of the molecule is ClCc1cc(OCc2cc(Cl)ccc2Cl)ccc1Br. The maximum Gasteiger partial charge on any atom is 0.120 e. The number of benzene rings is 2. The summed E-state index contributed by atoms with van der Waals surface area (Å²) in [5.74, 6) is 1.17. The second kappa shape index (κ2) is 6.85. The molecule has 0 spiro atoms. The predicted molar refractivity (Wildman–Crippen MR) is 84.5 cm³/mol. The van der Waals surface area contributed by atoms with Gasteiger partial charge in [-0.2, -0.15) is 0 Å². The lowest BCUT2D eigenvalue weighted by Gasteiger charge is -2.10. The lowest BCUT2D eigenvalue weighted by Crippen LogP contribution is -1.97. The summed E-state index contributed by atoms with van der Waals surface area (Å²) in [7, 11) is 0. The van der Waals surface area contributed by atoms with Crippen LogP contribution < -0.4 is 4.74 Å². The zero-order chi connectivity index (χ0) is 13.8. The van der Waals surface area contributed by atoms with Crippen molar-refractivity contribution in [2.24, 2.45) is 0 Å². The highest BCUT2D eigenvalue weighted by atomic mass is 79.9. The molecule has 2 aromatic rings. The second-order valence-corrected chi connectivity index (χ2v) is 5.88. The van der Waals surface area contributed by atoms with Crippen LogP contribution in [0, 0.1) is 0 Å². The third-order valence-corrected chi connectivity index (χ3v) is 4.23. The average Bonchev–Trinajstić information content (AvgIpc) is 2.41. The quantitative estimate of drug-likeness (QED) is 0.585. The normalized spacial score (nSPS) is 10.5. The van der Waals surface area contributed by atoms with Gasteiger partial charge in [-0.05, 0) is 42.0 Å². The number of halogens is 4. The van der Waals surface area contributed by atoms with Crippen molar-refractivity contribution in [1.82, 2.24) is 0 Å². The van der Waals surface area contributed by atoms with Crippen molar-refractivity contribution in [3.05, 3.63) is 62.0 Å². The number of hydrogen-bond donors (Lipinski definition) is 0. The van der Waals surface area contributed by atoms with E-state index in [1.807, 2.05) is 18.2 Å². The van der Waals surface area contributed by atoms with E-state index in [0.29, 0.717) is 22.5 Å². The molecule has 0 aromatic heterocycles. The molecule has 2 rings (SSSR count). The Morgan fingerprint density at radius 1 is 1.00 bits per heavy atom. The Labute approximate surface area is 135 Å². The molecule has 0 fully saturated rings. The van der Waals surface area contributed by atoms with Crippen LogP contribution in [0.25, 0.3) is 0 Å². The Kier molecular flexibility index (Phi) is 5.40. The van der Waals surface area contributed by atoms with Gasteiger partial charge in [0.1, 0.15) is 12.4 Å². The molecule has 0 saturated carbocycles. The van der Waals surface area contributed by atoms with Crippen LogP contribution in [0.4, 0.5) is 0 Å². The Morgan fingerprint density at radius 2 is 1.79 bits per heavy atom. The second-order valence-electron chi connectivity index (χ2n) is 3.91. The lowest BCUT2D eigenvalue weighted by molar-refractivity contribution is 0.306. The van der Waals surface area contributed by atoms with Crippen LogP contribution in [0.3, 0.4) is 0 Å². The molecule has 0 saturated heterocycles. The molecule has 1 nitrogen and oxygen atoms in total. The van der Waals surface area contributed by atoms with E-state index in [-0.39, 0.29) is 0 Å². The molecule has 0 atom stereocenters. The molecule has 0 N–H and O–H groups in total. The van der Waals surface area contributed by atoms with E-state index < -0.39 is 0 Å². The minimum atomic E-state index is 0.364. The third-order valence-electron chi connectivity index (χ3n) is 2.56. The van der Waals surface area contributed by atoms with Crippen LogP contribution in [0.15, 0.2) is 40.9 Å². The first-order valence-corrected chi connectivity index (χ1v) is 7.59. The Bertz CT molecular complexity index is 587. The number of rotatable bonds is 4. The predicted octanol–water partition coefficient (Wildman–Crippen LogP) is 6.07. The Morgan fingerprint density at radius 3 is 2.53 bits per heavy atom. The van der Waals surface area contributed by atoms with Crippen molar-refractivity contribution < 1.29 is 4.74 Å². The van der Waals surface area contributed by atoms with Gasteiger partial charge in [0.25, 0.3) is 0 Å². The zero-order valence-electron chi connectivity index (χ0n) is 9.80. The summed E-state index contributed by atoms with van der Waals surface area (Å²) in [6, 6.07) is 11.0. The molecule has 0 aliphatic heterocycles. The zero-order valence-corrected chi connectivity index (χ0v) is 13.7. The molecule has 100 valence electrons. The standard InChI is InChI=1S/C14H10BrCl3O/c15-13-3-2-12(6-9(13)7-16)19-8-10-5-11(17)1-4-14(10)18/h1-6H,7-8H2. The van der Waals surface area contributed by atoms with Gasteiger partial charge in [0.2, 0.25) is 0 Å². The maximum absolute atomic E-state index is 6.08. The fraction of sp³-hybridized carbons (Fsp3) is 0.143. The minimum Gasteiger partial charge on any atom is -0.489 e. The molecular weight excluding hydrogens is 370 g/mol.